The Hall–Kier alpha value is -3.36. The van der Waals surface area contributed by atoms with E-state index in [2.05, 4.69) is 10.1 Å². The molecular formula is C23H19Cl2N5O3. The SMILES string of the molecule is NC(=O)C(Oc1cc(-n2ccc3c(cnn3Cc3ccccc3Cl)c2=O)c(Cl)cn1)C1CC1. The Kier molecular flexibility index (Phi) is 5.55. The summed E-state index contributed by atoms with van der Waals surface area (Å²) in [6.45, 7) is 0.427. The molecule has 168 valence electrons. The van der Waals surface area contributed by atoms with Crippen molar-refractivity contribution >= 4 is 40.0 Å². The van der Waals surface area contributed by atoms with Crippen molar-refractivity contribution < 1.29 is 9.53 Å². The zero-order valence-electron chi connectivity index (χ0n) is 17.3. The van der Waals surface area contributed by atoms with Gasteiger partial charge in [-0.3, -0.25) is 18.8 Å². The van der Waals surface area contributed by atoms with Gasteiger partial charge in [-0.1, -0.05) is 41.4 Å². The van der Waals surface area contributed by atoms with Crippen molar-refractivity contribution in [3.8, 4) is 11.6 Å². The van der Waals surface area contributed by atoms with Gasteiger partial charge in [0.25, 0.3) is 11.5 Å². The maximum Gasteiger partial charge on any atom is 0.266 e. The lowest BCUT2D eigenvalue weighted by Crippen LogP contribution is -2.35. The van der Waals surface area contributed by atoms with E-state index in [1.807, 2.05) is 24.3 Å². The summed E-state index contributed by atoms with van der Waals surface area (Å²) in [7, 11) is 0. The van der Waals surface area contributed by atoms with Gasteiger partial charge in [0.15, 0.2) is 6.10 Å². The lowest BCUT2D eigenvalue weighted by Gasteiger charge is -2.16. The van der Waals surface area contributed by atoms with E-state index in [1.165, 1.54) is 23.0 Å². The van der Waals surface area contributed by atoms with Gasteiger partial charge < -0.3 is 10.5 Å². The van der Waals surface area contributed by atoms with Crippen molar-refractivity contribution in [1.82, 2.24) is 19.3 Å². The molecule has 1 aliphatic carbocycles. The Balaban J connectivity index is 1.50. The number of fused-ring (bicyclic) bond motifs is 1. The van der Waals surface area contributed by atoms with Crippen LogP contribution < -0.4 is 16.0 Å². The van der Waals surface area contributed by atoms with Gasteiger partial charge in [0.2, 0.25) is 5.88 Å². The highest BCUT2D eigenvalue weighted by molar-refractivity contribution is 6.32. The number of benzene rings is 1. The van der Waals surface area contributed by atoms with Crippen LogP contribution in [0, 0.1) is 5.92 Å². The van der Waals surface area contributed by atoms with Crippen molar-refractivity contribution in [2.45, 2.75) is 25.5 Å². The number of pyridine rings is 2. The van der Waals surface area contributed by atoms with Crippen LogP contribution in [0.15, 0.2) is 59.8 Å². The molecule has 1 unspecified atom stereocenters. The summed E-state index contributed by atoms with van der Waals surface area (Å²) in [6, 6.07) is 10.8. The standard InChI is InChI=1S/C23H19Cl2N5O3/c24-16-4-2-1-3-14(16)12-30-18-7-8-29(23(32)15(18)10-28-30)19-9-20(27-11-17(19)25)33-21(22(26)31)13-5-6-13/h1-4,7-11,13,21H,5-6,12H2,(H2,26,31). The third-order valence-corrected chi connectivity index (χ3v) is 6.30. The number of nitrogens with two attached hydrogens (primary N) is 1. The van der Waals surface area contributed by atoms with Crippen LogP contribution in [0.3, 0.4) is 0 Å². The fourth-order valence-corrected chi connectivity index (χ4v) is 4.15. The first-order valence-corrected chi connectivity index (χ1v) is 11.1. The lowest BCUT2D eigenvalue weighted by molar-refractivity contribution is -0.125. The van der Waals surface area contributed by atoms with Gasteiger partial charge in [0, 0.05) is 23.2 Å². The molecule has 4 aromatic rings. The molecule has 0 bridgehead atoms. The maximum absolute atomic E-state index is 13.3. The normalized spacial score (nSPS) is 14.4. The Morgan fingerprint density at radius 2 is 1.97 bits per heavy atom. The predicted octanol–water partition coefficient (Wildman–Crippen LogP) is 3.58. The average molecular weight is 484 g/mol. The number of hydrogen-bond donors (Lipinski definition) is 1. The number of carbonyl (C=O) groups excluding carboxylic acids is 1. The fraction of sp³-hybridized carbons (Fsp3) is 0.217. The molecule has 8 nitrogen and oxygen atoms in total. The second-order valence-corrected chi connectivity index (χ2v) is 8.75. The van der Waals surface area contributed by atoms with Crippen LogP contribution in [0.2, 0.25) is 10.0 Å². The van der Waals surface area contributed by atoms with E-state index in [9.17, 15) is 9.59 Å². The van der Waals surface area contributed by atoms with Gasteiger partial charge in [0.05, 0.1) is 40.6 Å². The molecule has 10 heteroatoms. The van der Waals surface area contributed by atoms with Gasteiger partial charge in [-0.05, 0) is 30.5 Å². The molecule has 0 radical (unpaired) electrons. The quantitative estimate of drug-likeness (QED) is 0.432. The first-order chi connectivity index (χ1) is 15.9. The minimum atomic E-state index is -0.756. The van der Waals surface area contributed by atoms with Crippen LogP contribution in [0.4, 0.5) is 0 Å². The molecule has 3 heterocycles. The van der Waals surface area contributed by atoms with Gasteiger partial charge in [0.1, 0.15) is 0 Å². The first kappa shape index (κ1) is 21.5. The number of nitrogens with zero attached hydrogens (tertiary/aromatic N) is 4. The molecule has 33 heavy (non-hydrogen) atoms. The van der Waals surface area contributed by atoms with E-state index >= 15 is 0 Å². The summed E-state index contributed by atoms with van der Waals surface area (Å²) in [5.74, 6) is -0.279. The third kappa shape index (κ3) is 4.19. The van der Waals surface area contributed by atoms with E-state index in [4.69, 9.17) is 33.7 Å². The molecule has 0 saturated heterocycles. The molecule has 0 spiro atoms. The van der Waals surface area contributed by atoms with Crippen molar-refractivity contribution in [3.63, 3.8) is 0 Å². The molecule has 1 amide bonds. The smallest absolute Gasteiger partial charge is 0.266 e. The zero-order valence-corrected chi connectivity index (χ0v) is 18.8. The molecule has 1 atom stereocenters. The minimum absolute atomic E-state index is 0.0893. The fourth-order valence-electron chi connectivity index (χ4n) is 3.76. The summed E-state index contributed by atoms with van der Waals surface area (Å²) in [5, 5.41) is 5.69. The number of carbonyl (C=O) groups is 1. The van der Waals surface area contributed by atoms with E-state index < -0.39 is 12.0 Å². The number of amides is 1. The first-order valence-electron chi connectivity index (χ1n) is 10.3. The molecular weight excluding hydrogens is 465 g/mol. The van der Waals surface area contributed by atoms with Crippen LogP contribution >= 0.6 is 23.2 Å². The van der Waals surface area contributed by atoms with Crippen molar-refractivity contribution in [2.75, 3.05) is 0 Å². The maximum atomic E-state index is 13.3. The van der Waals surface area contributed by atoms with Crippen LogP contribution in [0.25, 0.3) is 16.6 Å². The molecule has 3 aromatic heterocycles. The third-order valence-electron chi connectivity index (χ3n) is 5.64. The second-order valence-electron chi connectivity index (χ2n) is 7.94. The number of aromatic nitrogens is 4. The zero-order chi connectivity index (χ0) is 23.1. The number of halogens is 2. The predicted molar refractivity (Wildman–Crippen MR) is 125 cm³/mol. The highest BCUT2D eigenvalue weighted by Gasteiger charge is 2.37. The van der Waals surface area contributed by atoms with E-state index in [0.717, 1.165) is 18.4 Å². The summed E-state index contributed by atoms with van der Waals surface area (Å²) in [4.78, 5) is 29.1. The largest absolute Gasteiger partial charge is 0.464 e. The second kappa shape index (κ2) is 8.53. The number of rotatable bonds is 7. The lowest BCUT2D eigenvalue weighted by atomic mass is 10.2. The number of ether oxygens (including phenoxy) is 1. The highest BCUT2D eigenvalue weighted by atomic mass is 35.5. The van der Waals surface area contributed by atoms with Crippen LogP contribution in [0.1, 0.15) is 18.4 Å². The minimum Gasteiger partial charge on any atom is -0.464 e. The van der Waals surface area contributed by atoms with Crippen LogP contribution in [0.5, 0.6) is 5.88 Å². The van der Waals surface area contributed by atoms with Gasteiger partial charge in [-0.2, -0.15) is 5.10 Å². The monoisotopic (exact) mass is 483 g/mol. The Bertz CT molecular complexity index is 1430. The van der Waals surface area contributed by atoms with Crippen LogP contribution in [-0.2, 0) is 11.3 Å². The number of primary amides is 1. The van der Waals surface area contributed by atoms with Crippen molar-refractivity contribution in [2.24, 2.45) is 11.7 Å². The average Bonchev–Trinajstić information content (AvgIpc) is 3.55. The van der Waals surface area contributed by atoms with Gasteiger partial charge >= 0.3 is 0 Å². The van der Waals surface area contributed by atoms with Crippen molar-refractivity contribution in [1.29, 1.82) is 0 Å². The Morgan fingerprint density at radius 1 is 1.18 bits per heavy atom. The summed E-state index contributed by atoms with van der Waals surface area (Å²) >= 11 is 12.6. The van der Waals surface area contributed by atoms with E-state index in [-0.39, 0.29) is 22.4 Å². The molecule has 1 aliphatic rings. The van der Waals surface area contributed by atoms with E-state index in [0.29, 0.717) is 28.2 Å². The summed E-state index contributed by atoms with van der Waals surface area (Å²) in [6.07, 6.45) is 5.52. The summed E-state index contributed by atoms with van der Waals surface area (Å²) in [5.41, 5.74) is 7.11. The highest BCUT2D eigenvalue weighted by Crippen LogP contribution is 2.35. The summed E-state index contributed by atoms with van der Waals surface area (Å²) < 4.78 is 8.86. The Morgan fingerprint density at radius 3 is 2.70 bits per heavy atom. The molecule has 0 aliphatic heterocycles. The van der Waals surface area contributed by atoms with E-state index in [1.54, 1.807) is 16.9 Å². The Labute approximate surface area is 198 Å². The van der Waals surface area contributed by atoms with Crippen molar-refractivity contribution in [3.05, 3.63) is 81.0 Å². The number of hydrogen-bond acceptors (Lipinski definition) is 5. The molecule has 2 N–H and O–H groups in total. The molecule has 5 rings (SSSR count). The van der Waals surface area contributed by atoms with Crippen LogP contribution in [-0.4, -0.2) is 31.3 Å². The topological polar surface area (TPSA) is 105 Å². The molecule has 1 saturated carbocycles. The van der Waals surface area contributed by atoms with Gasteiger partial charge in [-0.15, -0.1) is 0 Å². The molecule has 1 fully saturated rings. The van der Waals surface area contributed by atoms with Gasteiger partial charge in [-0.25, -0.2) is 4.98 Å². The molecule has 1 aromatic carbocycles.